The van der Waals surface area contributed by atoms with Crippen LogP contribution in [0.3, 0.4) is 0 Å². The minimum atomic E-state index is -3.37. The normalized spacial score (nSPS) is 14.5. The van der Waals surface area contributed by atoms with Gasteiger partial charge in [-0.15, -0.1) is 11.3 Å². The first-order valence-corrected chi connectivity index (χ1v) is 12.3. The second kappa shape index (κ2) is 9.67. The summed E-state index contributed by atoms with van der Waals surface area (Å²) in [6, 6.07) is 6.97. The van der Waals surface area contributed by atoms with Gasteiger partial charge in [-0.25, -0.2) is 18.1 Å². The van der Waals surface area contributed by atoms with Gasteiger partial charge in [-0.2, -0.15) is 0 Å². The van der Waals surface area contributed by atoms with E-state index in [1.165, 1.54) is 11.3 Å². The van der Waals surface area contributed by atoms with Crippen LogP contribution in [0, 0.1) is 0 Å². The summed E-state index contributed by atoms with van der Waals surface area (Å²) in [6.07, 6.45) is 1.54. The number of carbonyl (C=O) groups excluding carboxylic acids is 2. The first-order chi connectivity index (χ1) is 14.2. The predicted octanol–water partition coefficient (Wildman–Crippen LogP) is 1.96. The second-order valence-electron chi connectivity index (χ2n) is 7.57. The standard InChI is InChI=1S/C20H26N4O4S2/c1-14(2)23-30(27,28)13-16-7-5-15(6-8-16)11-21-18(25)10-17-12-29-20(22-17)24-9-3-4-19(24)26/h5-8,12,14,23H,3-4,9-11,13H2,1-2H3,(H,21,25). The van der Waals surface area contributed by atoms with E-state index in [2.05, 4.69) is 15.0 Å². The molecule has 3 rings (SSSR count). The molecule has 0 spiro atoms. The SMILES string of the molecule is CC(C)NS(=O)(=O)Cc1ccc(CNC(=O)Cc2csc(N3CCCC3=O)n2)cc1. The Morgan fingerprint density at radius 2 is 1.93 bits per heavy atom. The molecule has 0 bridgehead atoms. The minimum Gasteiger partial charge on any atom is -0.352 e. The van der Waals surface area contributed by atoms with Gasteiger partial charge in [0, 0.05) is 30.9 Å². The average molecular weight is 451 g/mol. The molecule has 1 aliphatic heterocycles. The van der Waals surface area contributed by atoms with Gasteiger partial charge in [0.15, 0.2) is 5.13 Å². The molecular weight excluding hydrogens is 424 g/mol. The molecule has 1 aromatic carbocycles. The molecule has 8 nitrogen and oxygen atoms in total. The number of hydrogen-bond donors (Lipinski definition) is 2. The summed E-state index contributed by atoms with van der Waals surface area (Å²) in [4.78, 5) is 30.1. The maximum atomic E-state index is 12.2. The van der Waals surface area contributed by atoms with Crippen LogP contribution in [0.2, 0.25) is 0 Å². The first kappa shape index (κ1) is 22.4. The van der Waals surface area contributed by atoms with Crippen LogP contribution in [0.1, 0.15) is 43.5 Å². The van der Waals surface area contributed by atoms with E-state index >= 15 is 0 Å². The largest absolute Gasteiger partial charge is 0.352 e. The van der Waals surface area contributed by atoms with E-state index < -0.39 is 10.0 Å². The third-order valence-corrected chi connectivity index (χ3v) is 6.93. The highest BCUT2D eigenvalue weighted by Crippen LogP contribution is 2.25. The highest BCUT2D eigenvalue weighted by atomic mass is 32.2. The average Bonchev–Trinajstić information content (AvgIpc) is 3.28. The number of carbonyl (C=O) groups is 2. The van der Waals surface area contributed by atoms with Crippen molar-refractivity contribution in [2.45, 2.75) is 51.4 Å². The van der Waals surface area contributed by atoms with Crippen LogP contribution in [-0.2, 0) is 38.3 Å². The summed E-state index contributed by atoms with van der Waals surface area (Å²) < 4.78 is 26.5. The third kappa shape index (κ3) is 6.35. The zero-order valence-electron chi connectivity index (χ0n) is 17.1. The van der Waals surface area contributed by atoms with Crippen molar-refractivity contribution in [3.05, 3.63) is 46.5 Å². The predicted molar refractivity (Wildman–Crippen MR) is 117 cm³/mol. The van der Waals surface area contributed by atoms with Crippen LogP contribution < -0.4 is 14.9 Å². The molecule has 1 saturated heterocycles. The van der Waals surface area contributed by atoms with Crippen molar-refractivity contribution in [1.82, 2.24) is 15.0 Å². The Morgan fingerprint density at radius 1 is 1.23 bits per heavy atom. The van der Waals surface area contributed by atoms with Gasteiger partial charge in [-0.3, -0.25) is 14.5 Å². The van der Waals surface area contributed by atoms with E-state index in [9.17, 15) is 18.0 Å². The molecule has 0 atom stereocenters. The van der Waals surface area contributed by atoms with Gasteiger partial charge >= 0.3 is 0 Å². The second-order valence-corrected chi connectivity index (χ2v) is 10.2. The third-order valence-electron chi connectivity index (χ3n) is 4.47. The van der Waals surface area contributed by atoms with Gasteiger partial charge in [0.05, 0.1) is 17.9 Å². The highest BCUT2D eigenvalue weighted by molar-refractivity contribution is 7.88. The molecule has 1 aromatic heterocycles. The Balaban J connectivity index is 1.48. The molecule has 0 aliphatic carbocycles. The minimum absolute atomic E-state index is 0.0799. The maximum Gasteiger partial charge on any atom is 0.228 e. The van der Waals surface area contributed by atoms with Crippen LogP contribution in [-0.4, -0.2) is 37.8 Å². The number of aromatic nitrogens is 1. The molecular formula is C20H26N4O4S2. The van der Waals surface area contributed by atoms with E-state index in [0.717, 1.165) is 12.0 Å². The molecule has 0 radical (unpaired) electrons. The zero-order chi connectivity index (χ0) is 21.7. The van der Waals surface area contributed by atoms with Crippen LogP contribution in [0.15, 0.2) is 29.6 Å². The lowest BCUT2D eigenvalue weighted by molar-refractivity contribution is -0.120. The summed E-state index contributed by atoms with van der Waals surface area (Å²) in [5.74, 6) is -0.160. The quantitative estimate of drug-likeness (QED) is 0.607. The van der Waals surface area contributed by atoms with Crippen molar-refractivity contribution < 1.29 is 18.0 Å². The Labute approximate surface area is 180 Å². The number of thiazole rings is 1. The zero-order valence-corrected chi connectivity index (χ0v) is 18.7. The topological polar surface area (TPSA) is 108 Å². The van der Waals surface area contributed by atoms with E-state index in [0.29, 0.717) is 35.9 Å². The number of rotatable bonds is 9. The lowest BCUT2D eigenvalue weighted by Crippen LogP contribution is -2.31. The summed E-state index contributed by atoms with van der Waals surface area (Å²) in [5, 5.41) is 5.30. The fourth-order valence-electron chi connectivity index (χ4n) is 3.15. The molecule has 0 saturated carbocycles. The molecule has 30 heavy (non-hydrogen) atoms. The van der Waals surface area contributed by atoms with Crippen LogP contribution >= 0.6 is 11.3 Å². The van der Waals surface area contributed by atoms with Gasteiger partial charge in [0.25, 0.3) is 0 Å². The van der Waals surface area contributed by atoms with Crippen LogP contribution in [0.25, 0.3) is 0 Å². The number of sulfonamides is 1. The van der Waals surface area contributed by atoms with Crippen LogP contribution in [0.5, 0.6) is 0 Å². The molecule has 0 unspecified atom stereocenters. The van der Waals surface area contributed by atoms with Gasteiger partial charge in [0.2, 0.25) is 21.8 Å². The van der Waals surface area contributed by atoms with Crippen molar-refractivity contribution in [3.63, 3.8) is 0 Å². The number of hydrogen-bond acceptors (Lipinski definition) is 6. The van der Waals surface area contributed by atoms with E-state index in [1.54, 1.807) is 48.4 Å². The van der Waals surface area contributed by atoms with Crippen molar-refractivity contribution in [2.75, 3.05) is 11.4 Å². The Bertz CT molecular complexity index is 1000. The Morgan fingerprint density at radius 3 is 2.57 bits per heavy atom. The monoisotopic (exact) mass is 450 g/mol. The fraction of sp³-hybridized carbons (Fsp3) is 0.450. The summed E-state index contributed by atoms with van der Waals surface area (Å²) in [7, 11) is -3.37. The van der Waals surface area contributed by atoms with Gasteiger partial charge in [-0.1, -0.05) is 24.3 Å². The number of nitrogens with zero attached hydrogens (tertiary/aromatic N) is 2. The molecule has 1 aliphatic rings. The lowest BCUT2D eigenvalue weighted by Gasteiger charge is -2.10. The molecule has 2 heterocycles. The first-order valence-electron chi connectivity index (χ1n) is 9.81. The van der Waals surface area contributed by atoms with E-state index in [4.69, 9.17) is 0 Å². The number of anilines is 1. The summed E-state index contributed by atoms with van der Waals surface area (Å²) in [5.41, 5.74) is 2.21. The Hall–Kier alpha value is -2.30. The number of benzene rings is 1. The number of nitrogens with one attached hydrogen (secondary N) is 2. The summed E-state index contributed by atoms with van der Waals surface area (Å²) >= 11 is 1.38. The Kier molecular flexibility index (Phi) is 7.22. The summed E-state index contributed by atoms with van der Waals surface area (Å²) in [6.45, 7) is 4.59. The molecule has 2 aromatic rings. The van der Waals surface area contributed by atoms with Crippen molar-refractivity contribution in [1.29, 1.82) is 0 Å². The molecule has 162 valence electrons. The van der Waals surface area contributed by atoms with Gasteiger partial charge in [-0.05, 0) is 31.4 Å². The molecule has 2 amide bonds. The molecule has 1 fully saturated rings. The highest BCUT2D eigenvalue weighted by Gasteiger charge is 2.24. The van der Waals surface area contributed by atoms with Crippen LogP contribution in [0.4, 0.5) is 5.13 Å². The number of amides is 2. The van der Waals surface area contributed by atoms with Crippen molar-refractivity contribution >= 4 is 38.3 Å². The van der Waals surface area contributed by atoms with Gasteiger partial charge < -0.3 is 5.32 Å². The lowest BCUT2D eigenvalue weighted by atomic mass is 10.1. The maximum absolute atomic E-state index is 12.2. The van der Waals surface area contributed by atoms with E-state index in [1.807, 2.05) is 0 Å². The van der Waals surface area contributed by atoms with Crippen molar-refractivity contribution in [3.8, 4) is 0 Å². The van der Waals surface area contributed by atoms with E-state index in [-0.39, 0.29) is 30.0 Å². The van der Waals surface area contributed by atoms with Crippen molar-refractivity contribution in [2.24, 2.45) is 0 Å². The molecule has 2 N–H and O–H groups in total. The smallest absolute Gasteiger partial charge is 0.228 e. The molecule has 10 heteroatoms. The van der Waals surface area contributed by atoms with Gasteiger partial charge in [0.1, 0.15) is 0 Å². The fourth-order valence-corrected chi connectivity index (χ4v) is 5.45.